The average Bonchev–Trinajstić information content (AvgIpc) is 1.58. The minimum atomic E-state index is -0.406. The van der Waals surface area contributed by atoms with Crippen molar-refractivity contribution in [3.8, 4) is 203 Å². The maximum Gasteiger partial charge on any atom is 0.165 e. The van der Waals surface area contributed by atoms with Gasteiger partial charge < -0.3 is 0 Å². The van der Waals surface area contributed by atoms with Crippen molar-refractivity contribution in [2.75, 3.05) is 0 Å². The summed E-state index contributed by atoms with van der Waals surface area (Å²) >= 11 is 0. The Morgan fingerprint density at radius 2 is 0.366 bits per heavy atom. The van der Waals surface area contributed by atoms with Crippen molar-refractivity contribution in [2.45, 2.75) is 38.5 Å². The van der Waals surface area contributed by atoms with Crippen molar-refractivity contribution in [1.82, 2.24) is 49.8 Å². The van der Waals surface area contributed by atoms with Crippen LogP contribution in [0.15, 0.2) is 455 Å². The lowest BCUT2D eigenvalue weighted by molar-refractivity contribution is 0.609. The first-order chi connectivity index (χ1) is 70.9. The van der Waals surface area contributed by atoms with Gasteiger partial charge in [-0.3, -0.25) is 4.98 Å². The summed E-state index contributed by atoms with van der Waals surface area (Å²) < 4.78 is 72.1. The Bertz CT molecular complexity index is 8600. The van der Waals surface area contributed by atoms with Gasteiger partial charge in [0.05, 0.1) is 0 Å². The van der Waals surface area contributed by atoms with E-state index < -0.39 is 10.8 Å². The van der Waals surface area contributed by atoms with E-state index in [1.54, 1.807) is 73.1 Å². The molecule has 25 rings (SSSR count). The number of hydrogen-bond donors (Lipinski definition) is 0. The highest BCUT2D eigenvalue weighted by Crippen LogP contribution is 2.53. The molecule has 0 atom stereocenters. The van der Waals surface area contributed by atoms with Gasteiger partial charge in [-0.2, -0.15) is 0 Å². The van der Waals surface area contributed by atoms with Gasteiger partial charge in [0, 0.05) is 84.1 Å². The van der Waals surface area contributed by atoms with Crippen LogP contribution in [0.5, 0.6) is 0 Å². The zero-order valence-electron chi connectivity index (χ0n) is 79.2. The van der Waals surface area contributed by atoms with Crippen LogP contribution >= 0.6 is 0 Å². The van der Waals surface area contributed by atoms with Gasteiger partial charge in [0.2, 0.25) is 0 Å². The molecule has 4 aromatic heterocycles. The molecule has 0 saturated carbocycles. The summed E-state index contributed by atoms with van der Waals surface area (Å²) in [5.41, 5.74) is 30.7. The van der Waals surface area contributed by atoms with Crippen LogP contribution in [-0.4, -0.2) is 49.8 Å². The van der Waals surface area contributed by atoms with Gasteiger partial charge in [0.25, 0.3) is 0 Å². The maximum absolute atomic E-state index is 14.8. The lowest BCUT2D eigenvalue weighted by atomic mass is 9.82. The highest BCUT2D eigenvalue weighted by Gasteiger charge is 2.38. The van der Waals surface area contributed by atoms with Crippen molar-refractivity contribution in [3.63, 3.8) is 0 Å². The Morgan fingerprint density at radius 1 is 0.159 bits per heavy atom. The second kappa shape index (κ2) is 38.3. The largest absolute Gasteiger partial charge is 0.264 e. The molecule has 2 aliphatic carbocycles. The molecule has 10 nitrogen and oxygen atoms in total. The Labute approximate surface area is 835 Å². The Balaban J connectivity index is 0.000000121. The molecule has 0 fully saturated rings. The zero-order chi connectivity index (χ0) is 98.4. The molecule has 0 spiro atoms. The van der Waals surface area contributed by atoms with Crippen LogP contribution in [0.3, 0.4) is 0 Å². The third-order valence-electron chi connectivity index (χ3n) is 27.6. The first-order valence-electron chi connectivity index (χ1n) is 48.0. The monoisotopic (exact) mass is 1880 g/mol. The van der Waals surface area contributed by atoms with E-state index in [0.717, 1.165) is 117 Å². The van der Waals surface area contributed by atoms with Gasteiger partial charge in [-0.15, -0.1) is 0 Å². The van der Waals surface area contributed by atoms with E-state index in [1.165, 1.54) is 75.3 Å². The number of fused-ring (bicyclic) bond motifs is 8. The van der Waals surface area contributed by atoms with E-state index in [2.05, 4.69) is 280 Å². The molecule has 0 amide bonds. The fraction of sp³-hybridized carbons (Fsp3) is 0.0462. The van der Waals surface area contributed by atoms with Gasteiger partial charge in [-0.1, -0.05) is 373 Å². The quantitative estimate of drug-likeness (QED) is 0.0862. The number of pyridine rings is 1. The van der Waals surface area contributed by atoms with E-state index in [9.17, 15) is 22.0 Å². The molecule has 4 heterocycles. The van der Waals surface area contributed by atoms with Crippen molar-refractivity contribution in [2.24, 2.45) is 0 Å². The number of hydrogen-bond acceptors (Lipinski definition) is 10. The van der Waals surface area contributed by atoms with E-state index >= 15 is 0 Å². The molecule has 0 N–H and O–H groups in total. The number of aromatic nitrogens is 10. The van der Waals surface area contributed by atoms with Crippen molar-refractivity contribution in [3.05, 3.63) is 507 Å². The van der Waals surface area contributed by atoms with E-state index in [-0.39, 0.29) is 29.1 Å². The van der Waals surface area contributed by atoms with Gasteiger partial charge in [-0.05, 0) is 230 Å². The second-order valence-corrected chi connectivity index (χ2v) is 37.2. The molecule has 0 unspecified atom stereocenters. The number of benzene rings is 19. The SMILES string of the molecule is CC1(C)c2cc(F)ccc2-c2ccc(-c3nc(-c4ccc(-c5ccc(-c6ccccc6)cc5)cc4)nc(-c4ccc5c(c4)C(C)(C)c4cc(F)ccc4-5)n3)cc21.Fc1ccc(-c2nc(-c3ccc(-c4ccc(-c5ccc(-c6ccccc6)cc5)cc4)cc3)nc(-c3cccnc3)n2)cc1.Fc1ccc(-c2nc(-c3ccc(-c4ccc(-c5ccccc5)cc4)cc3)nc(-c3ccc(F)c4ccccc34)n2)c2ccccc12. The number of nitrogens with zero attached hydrogens (tertiary/aromatic N) is 10. The fourth-order valence-electron chi connectivity index (χ4n) is 19.7. The number of rotatable bonds is 16. The van der Waals surface area contributed by atoms with Crippen LogP contribution < -0.4 is 0 Å². The van der Waals surface area contributed by atoms with Crippen LogP contribution in [0, 0.1) is 29.1 Å². The molecule has 15 heteroatoms. The smallest absolute Gasteiger partial charge is 0.165 e. The first-order valence-corrected chi connectivity index (χ1v) is 48.0. The third kappa shape index (κ3) is 18.1. The summed E-state index contributed by atoms with van der Waals surface area (Å²) in [5, 5.41) is 2.37. The molecule has 23 aromatic rings. The summed E-state index contributed by atoms with van der Waals surface area (Å²) in [5.74, 6) is 3.05. The van der Waals surface area contributed by atoms with E-state index in [4.69, 9.17) is 39.9 Å². The van der Waals surface area contributed by atoms with E-state index in [0.29, 0.717) is 90.7 Å². The molecular weight excluding hydrogens is 1800 g/mol. The summed E-state index contributed by atoms with van der Waals surface area (Å²) in [6, 6.07) is 144. The van der Waals surface area contributed by atoms with Crippen molar-refractivity contribution < 1.29 is 22.0 Å². The van der Waals surface area contributed by atoms with Gasteiger partial charge >= 0.3 is 0 Å². The van der Waals surface area contributed by atoms with Crippen LogP contribution in [0.1, 0.15) is 49.9 Å². The highest BCUT2D eigenvalue weighted by molar-refractivity contribution is 5.99. The first kappa shape index (κ1) is 90.4. The van der Waals surface area contributed by atoms with Crippen molar-refractivity contribution >= 4 is 21.5 Å². The van der Waals surface area contributed by atoms with Crippen LogP contribution in [0.2, 0.25) is 0 Å². The lowest BCUT2D eigenvalue weighted by Gasteiger charge is -2.22. The predicted octanol–water partition coefficient (Wildman–Crippen LogP) is 33.3. The highest BCUT2D eigenvalue weighted by atomic mass is 19.1. The molecule has 0 saturated heterocycles. The average molecular weight is 1880 g/mol. The molecule has 145 heavy (non-hydrogen) atoms. The van der Waals surface area contributed by atoms with Gasteiger partial charge in [0.1, 0.15) is 29.1 Å². The molecular formula is C130H87F5N10. The maximum atomic E-state index is 14.8. The summed E-state index contributed by atoms with van der Waals surface area (Å²) in [7, 11) is 0. The summed E-state index contributed by atoms with van der Waals surface area (Å²) in [6.07, 6.45) is 3.43. The van der Waals surface area contributed by atoms with Crippen LogP contribution in [0.4, 0.5) is 22.0 Å². The molecule has 692 valence electrons. The molecule has 19 aromatic carbocycles. The molecule has 2 aliphatic rings. The zero-order valence-corrected chi connectivity index (χ0v) is 79.2. The summed E-state index contributed by atoms with van der Waals surface area (Å²) in [6.45, 7) is 8.55. The normalized spacial score (nSPS) is 12.3. The molecule has 0 radical (unpaired) electrons. The lowest BCUT2D eigenvalue weighted by Crippen LogP contribution is -2.15. The topological polar surface area (TPSA) is 129 Å². The standard InChI is InChI=1S/C51H37F2N3.C41H25F2N3.C38H25FN4/c1-50(2)43-26-35(18-22-39(43)41-24-20-37(52)28-45(41)50)48-54-47(34-16-14-33(15-17-34)32-12-10-31(11-13-32)30-8-6-5-7-9-30)55-49(56-48)36-19-23-40-42-25-21-38(53)29-46(42)51(3,4)44(40)27-36;42-37-24-22-35(31-10-4-6-12-33(31)37)40-44-39(45-41(46-40)36-23-25-38(43)34-13-7-5-11-32(34)36)30-20-18-29(19-21-30)28-16-14-27(15-17-28)26-8-2-1-3-9-26;39-35-22-20-33(21-23-35)37-41-36(42-38(43-37)34-7-4-24-40-25-34)32-18-16-31(17-19-32)30-14-12-29(13-15-30)28-10-8-27(9-11-28)26-5-2-1-3-6-26/h5-29H,1-4H3;1-25H;1-25H. The van der Waals surface area contributed by atoms with Gasteiger partial charge in [-0.25, -0.2) is 66.8 Å². The van der Waals surface area contributed by atoms with Crippen LogP contribution in [0.25, 0.3) is 224 Å². The number of halogens is 5. The Kier molecular flexibility index (Phi) is 23.9. The van der Waals surface area contributed by atoms with Gasteiger partial charge in [0.15, 0.2) is 52.4 Å². The predicted molar refractivity (Wildman–Crippen MR) is 574 cm³/mol. The van der Waals surface area contributed by atoms with Crippen molar-refractivity contribution in [1.29, 1.82) is 0 Å². The molecule has 0 aliphatic heterocycles. The third-order valence-corrected chi connectivity index (χ3v) is 27.6. The van der Waals surface area contributed by atoms with Crippen LogP contribution in [-0.2, 0) is 10.8 Å². The Morgan fingerprint density at radius 3 is 0.662 bits per heavy atom. The Hall–Kier alpha value is -18.5. The summed E-state index contributed by atoms with van der Waals surface area (Å²) in [4.78, 5) is 48.4. The molecule has 0 bridgehead atoms. The second-order valence-electron chi connectivity index (χ2n) is 37.2. The minimum Gasteiger partial charge on any atom is -0.264 e. The van der Waals surface area contributed by atoms with E-state index in [1.807, 2.05) is 103 Å². The minimum absolute atomic E-state index is 0.238. The fourth-order valence-corrected chi connectivity index (χ4v) is 19.7.